The zero-order valence-electron chi connectivity index (χ0n) is 15.4. The van der Waals surface area contributed by atoms with Gasteiger partial charge < -0.3 is 20.1 Å². The van der Waals surface area contributed by atoms with Gasteiger partial charge in [0.05, 0.1) is 0 Å². The third-order valence-corrected chi connectivity index (χ3v) is 5.21. The van der Waals surface area contributed by atoms with Gasteiger partial charge in [-0.3, -0.25) is 4.79 Å². The van der Waals surface area contributed by atoms with Gasteiger partial charge in [-0.1, -0.05) is 12.1 Å². The largest absolute Gasteiger partial charge is 0.491 e. The van der Waals surface area contributed by atoms with Crippen LogP contribution in [0.1, 0.15) is 44.1 Å². The molecule has 1 aromatic rings. The van der Waals surface area contributed by atoms with Crippen LogP contribution in [0.4, 0.5) is 8.78 Å². The van der Waals surface area contributed by atoms with E-state index < -0.39 is 11.8 Å². The highest BCUT2D eigenvalue weighted by Crippen LogP contribution is 2.41. The number of hydrogen-bond donors (Lipinski definition) is 1. The molecular formula is C20H26F2N2O3. The topological polar surface area (TPSA) is 64.8 Å². The van der Waals surface area contributed by atoms with Crippen molar-refractivity contribution < 1.29 is 23.0 Å². The van der Waals surface area contributed by atoms with Gasteiger partial charge in [-0.25, -0.2) is 8.78 Å². The molecule has 1 saturated carbocycles. The summed E-state index contributed by atoms with van der Waals surface area (Å²) in [5, 5.41) is 0. The number of carbonyl (C=O) groups excluding carboxylic acids is 1. The summed E-state index contributed by atoms with van der Waals surface area (Å²) in [4.78, 5) is 12.7. The van der Waals surface area contributed by atoms with Crippen LogP contribution in [0.25, 0.3) is 0 Å². The maximum Gasteiger partial charge on any atom is 0.248 e. The summed E-state index contributed by atoms with van der Waals surface area (Å²) in [5.74, 6) is -2.08. The van der Waals surface area contributed by atoms with Gasteiger partial charge in [0, 0.05) is 31.7 Å². The van der Waals surface area contributed by atoms with E-state index in [0.29, 0.717) is 26.0 Å². The molecule has 0 aromatic heterocycles. The Morgan fingerprint density at radius 1 is 1.33 bits per heavy atom. The minimum atomic E-state index is -2.50. The molecule has 5 nitrogen and oxygen atoms in total. The fourth-order valence-electron chi connectivity index (χ4n) is 3.63. The van der Waals surface area contributed by atoms with E-state index in [4.69, 9.17) is 15.2 Å². The standard InChI is InChI=1S/C20H26F2N2O3/c1-14-24(11-8-19(23)25)12-18(27-14)13-26-17-4-2-15(3-5-17)16-6-9-20(21,22)10-7-16/h2-5,8,11,14,16,18H,6-7,9-10,12-13H2,1H3,(H2,23,25)/b11-8-/t14?,18-/m0/s1. The molecule has 0 spiro atoms. The van der Waals surface area contributed by atoms with Crippen molar-refractivity contribution in [2.45, 2.75) is 56.8 Å². The second-order valence-electron chi connectivity index (χ2n) is 7.28. The smallest absolute Gasteiger partial charge is 0.248 e. The van der Waals surface area contributed by atoms with Crippen molar-refractivity contribution in [3.8, 4) is 5.75 Å². The Labute approximate surface area is 158 Å². The number of benzene rings is 1. The lowest BCUT2D eigenvalue weighted by atomic mass is 9.82. The lowest BCUT2D eigenvalue weighted by Crippen LogP contribution is -2.24. The van der Waals surface area contributed by atoms with E-state index in [1.165, 1.54) is 6.08 Å². The van der Waals surface area contributed by atoms with Crippen molar-refractivity contribution >= 4 is 5.91 Å². The van der Waals surface area contributed by atoms with Gasteiger partial charge in [-0.2, -0.15) is 0 Å². The average Bonchev–Trinajstić information content (AvgIpc) is 2.98. The van der Waals surface area contributed by atoms with Crippen molar-refractivity contribution in [3.05, 3.63) is 42.1 Å². The number of hydrogen-bond acceptors (Lipinski definition) is 4. The first-order chi connectivity index (χ1) is 12.8. The van der Waals surface area contributed by atoms with Gasteiger partial charge in [0.2, 0.25) is 11.8 Å². The number of alkyl halides is 2. The fraction of sp³-hybridized carbons (Fsp3) is 0.550. The molecule has 7 heteroatoms. The Bertz CT molecular complexity index is 668. The van der Waals surface area contributed by atoms with Crippen LogP contribution in [0.2, 0.25) is 0 Å². The van der Waals surface area contributed by atoms with Crippen molar-refractivity contribution in [2.75, 3.05) is 13.2 Å². The maximum atomic E-state index is 13.3. The molecule has 27 heavy (non-hydrogen) atoms. The monoisotopic (exact) mass is 380 g/mol. The number of nitrogens with two attached hydrogens (primary N) is 1. The Morgan fingerprint density at radius 2 is 2.00 bits per heavy atom. The van der Waals surface area contributed by atoms with Gasteiger partial charge >= 0.3 is 0 Å². The van der Waals surface area contributed by atoms with E-state index >= 15 is 0 Å². The van der Waals surface area contributed by atoms with E-state index in [9.17, 15) is 13.6 Å². The van der Waals surface area contributed by atoms with E-state index in [0.717, 1.165) is 11.3 Å². The van der Waals surface area contributed by atoms with Crippen molar-refractivity contribution in [1.82, 2.24) is 4.90 Å². The van der Waals surface area contributed by atoms with Gasteiger partial charge in [-0.15, -0.1) is 0 Å². The van der Waals surface area contributed by atoms with Crippen LogP contribution in [0, 0.1) is 0 Å². The number of ether oxygens (including phenoxy) is 2. The molecule has 2 atom stereocenters. The third-order valence-electron chi connectivity index (χ3n) is 5.21. The van der Waals surface area contributed by atoms with E-state index in [-0.39, 0.29) is 31.1 Å². The quantitative estimate of drug-likeness (QED) is 0.768. The Balaban J connectivity index is 1.47. The molecular weight excluding hydrogens is 354 g/mol. The highest BCUT2D eigenvalue weighted by atomic mass is 19.3. The predicted molar refractivity (Wildman–Crippen MR) is 97.5 cm³/mol. The molecule has 1 aliphatic heterocycles. The molecule has 1 saturated heterocycles. The molecule has 1 aliphatic carbocycles. The van der Waals surface area contributed by atoms with Crippen LogP contribution in [-0.4, -0.2) is 42.2 Å². The van der Waals surface area contributed by atoms with Crippen LogP contribution >= 0.6 is 0 Å². The van der Waals surface area contributed by atoms with E-state index in [1.54, 1.807) is 6.20 Å². The van der Waals surface area contributed by atoms with Gasteiger partial charge in [0.15, 0.2) is 0 Å². The number of primary amides is 1. The number of halogens is 2. The minimum absolute atomic E-state index is 0.0339. The number of amides is 1. The summed E-state index contributed by atoms with van der Waals surface area (Å²) in [6.07, 6.45) is 3.66. The number of carbonyl (C=O) groups is 1. The third kappa shape index (κ3) is 5.42. The van der Waals surface area contributed by atoms with Crippen molar-refractivity contribution in [1.29, 1.82) is 0 Å². The summed E-state index contributed by atoms with van der Waals surface area (Å²) in [7, 11) is 0. The lowest BCUT2D eigenvalue weighted by molar-refractivity contribution is -0.113. The van der Waals surface area contributed by atoms with E-state index in [1.807, 2.05) is 36.1 Å². The van der Waals surface area contributed by atoms with Crippen LogP contribution < -0.4 is 10.5 Å². The molecule has 0 radical (unpaired) electrons. The van der Waals surface area contributed by atoms with Gasteiger partial charge in [0.1, 0.15) is 24.7 Å². The highest BCUT2D eigenvalue weighted by Gasteiger charge is 2.35. The molecule has 2 aliphatic rings. The first-order valence-electron chi connectivity index (χ1n) is 9.32. The first-order valence-corrected chi connectivity index (χ1v) is 9.32. The number of nitrogens with zero attached hydrogens (tertiary/aromatic N) is 1. The maximum absolute atomic E-state index is 13.3. The first kappa shape index (κ1) is 19.6. The highest BCUT2D eigenvalue weighted by molar-refractivity contribution is 5.85. The predicted octanol–water partition coefficient (Wildman–Crippen LogP) is 3.40. The zero-order chi connectivity index (χ0) is 19.4. The lowest BCUT2D eigenvalue weighted by Gasteiger charge is -2.28. The van der Waals surface area contributed by atoms with Crippen molar-refractivity contribution in [2.24, 2.45) is 5.73 Å². The Hall–Kier alpha value is -2.15. The summed E-state index contributed by atoms with van der Waals surface area (Å²) in [5.41, 5.74) is 6.20. The molecule has 1 aromatic carbocycles. The molecule has 1 heterocycles. The second kappa shape index (κ2) is 8.25. The SMILES string of the molecule is CC1O[C@H](COc2ccc(C3CCC(F)(F)CC3)cc2)CN1/C=C\C(N)=O. The molecule has 3 rings (SSSR count). The van der Waals surface area contributed by atoms with Crippen molar-refractivity contribution in [3.63, 3.8) is 0 Å². The summed E-state index contributed by atoms with van der Waals surface area (Å²) < 4.78 is 38.2. The van der Waals surface area contributed by atoms with Crippen LogP contribution in [0.3, 0.4) is 0 Å². The summed E-state index contributed by atoms with van der Waals surface area (Å²) in [6, 6.07) is 7.68. The molecule has 2 fully saturated rings. The zero-order valence-corrected chi connectivity index (χ0v) is 15.4. The fourth-order valence-corrected chi connectivity index (χ4v) is 3.63. The van der Waals surface area contributed by atoms with Crippen LogP contribution in [0.15, 0.2) is 36.5 Å². The molecule has 1 amide bonds. The van der Waals surface area contributed by atoms with Crippen LogP contribution in [0.5, 0.6) is 5.75 Å². The molecule has 148 valence electrons. The molecule has 0 bridgehead atoms. The minimum Gasteiger partial charge on any atom is -0.491 e. The van der Waals surface area contributed by atoms with Gasteiger partial charge in [0.25, 0.3) is 0 Å². The Kier molecular flexibility index (Phi) is 5.99. The van der Waals surface area contributed by atoms with E-state index in [2.05, 4.69) is 0 Å². The molecule has 2 N–H and O–H groups in total. The van der Waals surface area contributed by atoms with Crippen LogP contribution in [-0.2, 0) is 9.53 Å². The molecule has 1 unspecified atom stereocenters. The Morgan fingerprint density at radius 3 is 2.63 bits per heavy atom. The summed E-state index contributed by atoms with van der Waals surface area (Å²) >= 11 is 0. The number of rotatable bonds is 6. The average molecular weight is 380 g/mol. The second-order valence-corrected chi connectivity index (χ2v) is 7.28. The summed E-state index contributed by atoms with van der Waals surface area (Å²) in [6.45, 7) is 2.90. The van der Waals surface area contributed by atoms with Gasteiger partial charge in [-0.05, 0) is 43.4 Å². The normalized spacial score (nSPS) is 25.8.